The first kappa shape index (κ1) is 12.3. The fraction of sp³-hybridized carbons (Fsp3) is 0.615. The highest BCUT2D eigenvalue weighted by atomic mass is 16.5. The minimum absolute atomic E-state index is 0.0870. The van der Waals surface area contributed by atoms with Crippen LogP contribution in [0.1, 0.15) is 29.0 Å². The number of likely N-dealkylation sites (tertiary alicyclic amines) is 1. The molecule has 3 rings (SSSR count). The van der Waals surface area contributed by atoms with Gasteiger partial charge in [-0.05, 0) is 25.7 Å². The van der Waals surface area contributed by atoms with Crippen molar-refractivity contribution in [2.45, 2.75) is 25.3 Å². The van der Waals surface area contributed by atoms with Crippen LogP contribution in [0.15, 0.2) is 6.20 Å². The Hall–Kier alpha value is -1.69. The third-order valence-corrected chi connectivity index (χ3v) is 4.28. The Morgan fingerprint density at radius 3 is 2.95 bits per heavy atom. The van der Waals surface area contributed by atoms with Crippen molar-refractivity contribution in [3.05, 3.63) is 17.6 Å². The number of fused-ring (bicyclic) bond motifs is 1. The van der Waals surface area contributed by atoms with E-state index in [1.807, 2.05) is 0 Å². The molecule has 0 bridgehead atoms. The van der Waals surface area contributed by atoms with E-state index in [-0.39, 0.29) is 11.4 Å². The predicted molar refractivity (Wildman–Crippen MR) is 68.9 cm³/mol. The fourth-order valence-electron chi connectivity index (χ4n) is 2.96. The summed E-state index contributed by atoms with van der Waals surface area (Å²) in [5.41, 5.74) is 6.50. The minimum Gasteiger partial charge on any atom is -0.480 e. The number of amides is 1. The zero-order valence-corrected chi connectivity index (χ0v) is 11.2. The highest BCUT2D eigenvalue weighted by molar-refractivity contribution is 5.96. The van der Waals surface area contributed by atoms with Crippen LogP contribution in [0.2, 0.25) is 0 Å². The molecule has 1 aromatic heterocycles. The topological polar surface area (TPSA) is 81.3 Å². The Morgan fingerprint density at radius 1 is 1.63 bits per heavy atom. The normalized spacial score (nSPS) is 28.8. The van der Waals surface area contributed by atoms with Gasteiger partial charge >= 0.3 is 0 Å². The summed E-state index contributed by atoms with van der Waals surface area (Å²) in [6.45, 7) is 3.11. The summed E-state index contributed by atoms with van der Waals surface area (Å²) >= 11 is 0. The van der Waals surface area contributed by atoms with Gasteiger partial charge in [-0.2, -0.15) is 4.98 Å². The van der Waals surface area contributed by atoms with Crippen molar-refractivity contribution in [3.8, 4) is 5.88 Å². The number of hydrogen-bond donors (Lipinski definition) is 1. The molecule has 6 nitrogen and oxygen atoms in total. The number of aromatic nitrogens is 2. The average molecular weight is 262 g/mol. The van der Waals surface area contributed by atoms with Gasteiger partial charge in [-0.3, -0.25) is 4.79 Å². The molecule has 102 valence electrons. The summed E-state index contributed by atoms with van der Waals surface area (Å²) in [5, 5.41) is 0. The molecule has 1 amide bonds. The van der Waals surface area contributed by atoms with Gasteiger partial charge in [-0.1, -0.05) is 0 Å². The molecule has 1 aliphatic heterocycles. The highest BCUT2D eigenvalue weighted by Crippen LogP contribution is 2.42. The first-order valence-electron chi connectivity index (χ1n) is 6.49. The Kier molecular flexibility index (Phi) is 2.70. The lowest BCUT2D eigenvalue weighted by Crippen LogP contribution is -2.54. The van der Waals surface area contributed by atoms with Gasteiger partial charge in [0.2, 0.25) is 5.88 Å². The number of rotatable bonds is 2. The number of nitrogens with zero attached hydrogens (tertiary/aromatic N) is 3. The van der Waals surface area contributed by atoms with Crippen LogP contribution in [0.4, 0.5) is 0 Å². The lowest BCUT2D eigenvalue weighted by molar-refractivity contribution is 0.0780. The summed E-state index contributed by atoms with van der Waals surface area (Å²) in [6.07, 6.45) is 3.65. The average Bonchev–Trinajstić information content (AvgIpc) is 2.62. The van der Waals surface area contributed by atoms with Crippen LogP contribution in [-0.2, 0) is 0 Å². The Balaban J connectivity index is 1.85. The summed E-state index contributed by atoms with van der Waals surface area (Å²) in [5.74, 6) is 1.28. The number of hydrogen-bond acceptors (Lipinski definition) is 5. The van der Waals surface area contributed by atoms with Crippen LogP contribution in [0.3, 0.4) is 0 Å². The quantitative estimate of drug-likeness (QED) is 0.832. The lowest BCUT2D eigenvalue weighted by Gasteiger charge is -2.39. The summed E-state index contributed by atoms with van der Waals surface area (Å²) < 4.78 is 5.17. The van der Waals surface area contributed by atoms with Gasteiger partial charge in [0, 0.05) is 24.8 Å². The van der Waals surface area contributed by atoms with Crippen molar-refractivity contribution >= 4 is 5.91 Å². The van der Waals surface area contributed by atoms with E-state index in [1.165, 1.54) is 13.3 Å². The molecule has 6 heteroatoms. The molecule has 0 radical (unpaired) electrons. The summed E-state index contributed by atoms with van der Waals surface area (Å²) in [7, 11) is 1.51. The van der Waals surface area contributed by atoms with Crippen molar-refractivity contribution in [1.29, 1.82) is 0 Å². The molecule has 2 aliphatic rings. The van der Waals surface area contributed by atoms with Crippen LogP contribution in [0.25, 0.3) is 0 Å². The van der Waals surface area contributed by atoms with Crippen molar-refractivity contribution in [2.75, 3.05) is 20.2 Å². The van der Waals surface area contributed by atoms with Crippen LogP contribution in [-0.4, -0.2) is 46.5 Å². The first-order valence-corrected chi connectivity index (χ1v) is 6.49. The van der Waals surface area contributed by atoms with Gasteiger partial charge in [0.15, 0.2) is 0 Å². The lowest BCUT2D eigenvalue weighted by atomic mass is 9.70. The zero-order valence-electron chi connectivity index (χ0n) is 11.2. The Labute approximate surface area is 112 Å². The largest absolute Gasteiger partial charge is 0.480 e. The number of carbonyl (C=O) groups is 1. The standard InChI is InChI=1S/C13H18N4O2/c1-8-15-5-10(11(16-8)19-2)12(18)17-6-9-3-4-13(9,14)7-17/h5,9H,3-4,6-7,14H2,1-2H3/t9-,13-/m0/s1. The van der Waals surface area contributed by atoms with Crippen molar-refractivity contribution in [3.63, 3.8) is 0 Å². The number of ether oxygens (including phenoxy) is 1. The van der Waals surface area contributed by atoms with E-state index >= 15 is 0 Å². The smallest absolute Gasteiger partial charge is 0.261 e. The van der Waals surface area contributed by atoms with Gasteiger partial charge < -0.3 is 15.4 Å². The summed E-state index contributed by atoms with van der Waals surface area (Å²) in [6, 6.07) is 0. The van der Waals surface area contributed by atoms with E-state index in [9.17, 15) is 4.79 Å². The van der Waals surface area contributed by atoms with Gasteiger partial charge in [0.25, 0.3) is 5.91 Å². The SMILES string of the molecule is COc1nc(C)ncc1C(=O)N1C[C@@H]2CC[C@]2(N)C1. The second kappa shape index (κ2) is 4.16. The maximum atomic E-state index is 12.5. The van der Waals surface area contributed by atoms with Crippen molar-refractivity contribution in [2.24, 2.45) is 11.7 Å². The van der Waals surface area contributed by atoms with Gasteiger partial charge in [0.05, 0.1) is 7.11 Å². The number of nitrogens with two attached hydrogens (primary N) is 1. The molecule has 2 atom stereocenters. The van der Waals surface area contributed by atoms with Gasteiger partial charge in [0.1, 0.15) is 11.4 Å². The van der Waals surface area contributed by atoms with Crippen molar-refractivity contribution < 1.29 is 9.53 Å². The van der Waals surface area contributed by atoms with E-state index in [2.05, 4.69) is 9.97 Å². The molecule has 2 N–H and O–H groups in total. The third-order valence-electron chi connectivity index (χ3n) is 4.28. The van der Waals surface area contributed by atoms with E-state index < -0.39 is 0 Å². The van der Waals surface area contributed by atoms with Crippen molar-refractivity contribution in [1.82, 2.24) is 14.9 Å². The Morgan fingerprint density at radius 2 is 2.42 bits per heavy atom. The van der Waals surface area contributed by atoms with E-state index in [0.717, 1.165) is 19.4 Å². The second-order valence-electron chi connectivity index (χ2n) is 5.49. The summed E-state index contributed by atoms with van der Waals surface area (Å²) in [4.78, 5) is 22.5. The van der Waals surface area contributed by atoms with Gasteiger partial charge in [-0.15, -0.1) is 0 Å². The molecule has 1 aliphatic carbocycles. The molecule has 0 spiro atoms. The monoisotopic (exact) mass is 262 g/mol. The molecular weight excluding hydrogens is 244 g/mol. The van der Waals surface area contributed by atoms with E-state index in [1.54, 1.807) is 11.8 Å². The molecule has 2 heterocycles. The minimum atomic E-state index is -0.172. The van der Waals surface area contributed by atoms with E-state index in [0.29, 0.717) is 29.7 Å². The van der Waals surface area contributed by atoms with E-state index in [4.69, 9.17) is 10.5 Å². The van der Waals surface area contributed by atoms with Crippen LogP contribution in [0, 0.1) is 12.8 Å². The highest BCUT2D eigenvalue weighted by Gasteiger charge is 2.51. The number of methoxy groups -OCH3 is 1. The molecule has 0 unspecified atom stereocenters. The molecular formula is C13H18N4O2. The Bertz CT molecular complexity index is 533. The van der Waals surface area contributed by atoms with Gasteiger partial charge in [-0.25, -0.2) is 4.98 Å². The maximum absolute atomic E-state index is 12.5. The number of aryl methyl sites for hydroxylation is 1. The number of carbonyl (C=O) groups excluding carboxylic acids is 1. The second-order valence-corrected chi connectivity index (χ2v) is 5.49. The molecule has 1 saturated heterocycles. The fourth-order valence-corrected chi connectivity index (χ4v) is 2.96. The molecule has 1 saturated carbocycles. The molecule has 19 heavy (non-hydrogen) atoms. The predicted octanol–water partition coefficient (Wildman–Crippen LogP) is 0.357. The molecule has 1 aromatic rings. The first-order chi connectivity index (χ1) is 9.03. The van der Waals surface area contributed by atoms with Crippen LogP contribution in [0.5, 0.6) is 5.88 Å². The maximum Gasteiger partial charge on any atom is 0.261 e. The molecule has 2 fully saturated rings. The zero-order chi connectivity index (χ0) is 13.6. The van der Waals surface area contributed by atoms with Crippen LogP contribution < -0.4 is 10.5 Å². The molecule has 0 aromatic carbocycles. The third kappa shape index (κ3) is 1.87. The van der Waals surface area contributed by atoms with Crippen LogP contribution >= 0.6 is 0 Å².